The Labute approximate surface area is 131 Å². The first kappa shape index (κ1) is 17.7. The molecule has 1 aromatic rings. The summed E-state index contributed by atoms with van der Waals surface area (Å²) in [6, 6.07) is 8.33. The molecule has 1 unspecified atom stereocenters. The second kappa shape index (κ2) is 8.80. The Hall–Kier alpha value is -0.390. The molecule has 1 aromatic carbocycles. The van der Waals surface area contributed by atoms with Crippen molar-refractivity contribution in [3.8, 4) is 0 Å². The monoisotopic (exact) mass is 361 g/mol. The molecule has 0 aromatic heterocycles. The molecule has 0 spiro atoms. The van der Waals surface area contributed by atoms with Gasteiger partial charge in [0.2, 0.25) is 0 Å². The van der Waals surface area contributed by atoms with Gasteiger partial charge in [-0.2, -0.15) is 0 Å². The predicted molar refractivity (Wildman–Crippen MR) is 88.7 cm³/mol. The van der Waals surface area contributed by atoms with Crippen molar-refractivity contribution in [3.05, 3.63) is 34.3 Å². The predicted octanol–water partition coefficient (Wildman–Crippen LogP) is 3.70. The molecule has 0 saturated carbocycles. The van der Waals surface area contributed by atoms with E-state index in [1.807, 2.05) is 18.2 Å². The Morgan fingerprint density at radius 2 is 1.95 bits per heavy atom. The Balaban J connectivity index is 2.68. The first-order valence-electron chi connectivity index (χ1n) is 7.18. The fourth-order valence-corrected chi connectivity index (χ4v) is 3.55. The van der Waals surface area contributed by atoms with Crippen LogP contribution >= 0.6 is 15.9 Å². The Bertz CT molecular complexity index is 502. The zero-order valence-corrected chi connectivity index (χ0v) is 14.6. The second-order valence-corrected chi connectivity index (χ2v) is 8.23. The lowest BCUT2D eigenvalue weighted by atomic mass is 10.0. The fraction of sp³-hybridized carbons (Fsp3) is 0.600. The lowest BCUT2D eigenvalue weighted by Crippen LogP contribution is -2.23. The first-order chi connectivity index (χ1) is 9.50. The molecular formula is C15H24BrNO2S. The second-order valence-electron chi connectivity index (χ2n) is 4.91. The Kier molecular flexibility index (Phi) is 7.77. The number of halogens is 1. The van der Waals surface area contributed by atoms with Gasteiger partial charge >= 0.3 is 0 Å². The van der Waals surface area contributed by atoms with Gasteiger partial charge < -0.3 is 5.32 Å². The van der Waals surface area contributed by atoms with Crippen molar-refractivity contribution in [1.29, 1.82) is 0 Å². The summed E-state index contributed by atoms with van der Waals surface area (Å²) >= 11 is 3.58. The third-order valence-electron chi connectivity index (χ3n) is 3.31. The lowest BCUT2D eigenvalue weighted by Gasteiger charge is -2.20. The summed E-state index contributed by atoms with van der Waals surface area (Å²) in [5, 5.41) is 3.51. The maximum atomic E-state index is 11.6. The van der Waals surface area contributed by atoms with Crippen LogP contribution in [0.15, 0.2) is 28.7 Å². The van der Waals surface area contributed by atoms with Gasteiger partial charge in [-0.25, -0.2) is 8.42 Å². The van der Waals surface area contributed by atoms with Crippen molar-refractivity contribution in [2.24, 2.45) is 0 Å². The Morgan fingerprint density at radius 3 is 2.55 bits per heavy atom. The van der Waals surface area contributed by atoms with Crippen molar-refractivity contribution < 1.29 is 8.42 Å². The molecule has 3 nitrogen and oxygen atoms in total. The van der Waals surface area contributed by atoms with Gasteiger partial charge in [0.1, 0.15) is 9.84 Å². The van der Waals surface area contributed by atoms with E-state index in [1.165, 1.54) is 5.56 Å². The number of hydrogen-bond acceptors (Lipinski definition) is 3. The van der Waals surface area contributed by atoms with Gasteiger partial charge in [0, 0.05) is 16.3 Å². The standard InChI is InChI=1S/C15H24BrNO2S/c1-3-11-17-15(10-7-12-20(18,19)4-2)13-8-5-6-9-14(13)16/h5-6,8-9,15,17H,3-4,7,10-12H2,1-2H3. The van der Waals surface area contributed by atoms with Crippen LogP contribution in [0.3, 0.4) is 0 Å². The number of sulfone groups is 1. The van der Waals surface area contributed by atoms with Gasteiger partial charge in [0.25, 0.3) is 0 Å². The van der Waals surface area contributed by atoms with Crippen molar-refractivity contribution in [2.75, 3.05) is 18.1 Å². The van der Waals surface area contributed by atoms with E-state index < -0.39 is 9.84 Å². The quantitative estimate of drug-likeness (QED) is 0.729. The summed E-state index contributed by atoms with van der Waals surface area (Å²) in [5.41, 5.74) is 1.20. The summed E-state index contributed by atoms with van der Waals surface area (Å²) < 4.78 is 24.2. The molecule has 0 fully saturated rings. The van der Waals surface area contributed by atoms with Crippen molar-refractivity contribution in [1.82, 2.24) is 5.32 Å². The molecule has 114 valence electrons. The normalized spacial score (nSPS) is 13.3. The van der Waals surface area contributed by atoms with E-state index in [2.05, 4.69) is 34.2 Å². The fourth-order valence-electron chi connectivity index (χ4n) is 2.10. The highest BCUT2D eigenvalue weighted by atomic mass is 79.9. The molecule has 0 heterocycles. The van der Waals surface area contributed by atoms with Crippen LogP contribution in [-0.4, -0.2) is 26.5 Å². The zero-order chi connectivity index (χ0) is 15.0. The molecule has 0 bridgehead atoms. The summed E-state index contributed by atoms with van der Waals surface area (Å²) in [6.45, 7) is 4.77. The number of hydrogen-bond donors (Lipinski definition) is 1. The number of benzene rings is 1. The molecule has 0 aliphatic carbocycles. The van der Waals surface area contributed by atoms with Gasteiger partial charge in [0.05, 0.1) is 5.75 Å². The minimum absolute atomic E-state index is 0.206. The topological polar surface area (TPSA) is 46.2 Å². The van der Waals surface area contributed by atoms with E-state index >= 15 is 0 Å². The van der Waals surface area contributed by atoms with E-state index in [4.69, 9.17) is 0 Å². The lowest BCUT2D eigenvalue weighted by molar-refractivity contribution is 0.491. The van der Waals surface area contributed by atoms with Gasteiger partial charge in [0.15, 0.2) is 0 Å². The third-order valence-corrected chi connectivity index (χ3v) is 5.82. The average molecular weight is 362 g/mol. The molecule has 1 atom stereocenters. The number of nitrogens with one attached hydrogen (secondary N) is 1. The SMILES string of the molecule is CCCNC(CCCS(=O)(=O)CC)c1ccccc1Br. The molecule has 0 aliphatic heterocycles. The van der Waals surface area contributed by atoms with Crippen LogP contribution in [0.25, 0.3) is 0 Å². The van der Waals surface area contributed by atoms with Crippen LogP contribution < -0.4 is 5.32 Å². The molecular weight excluding hydrogens is 338 g/mol. The van der Waals surface area contributed by atoms with E-state index in [0.717, 1.165) is 23.9 Å². The molecule has 0 saturated heterocycles. The van der Waals surface area contributed by atoms with Crippen molar-refractivity contribution >= 4 is 25.8 Å². The third kappa shape index (κ3) is 5.94. The molecule has 1 rings (SSSR count). The van der Waals surface area contributed by atoms with E-state index in [0.29, 0.717) is 6.42 Å². The summed E-state index contributed by atoms with van der Waals surface area (Å²) in [4.78, 5) is 0. The zero-order valence-electron chi connectivity index (χ0n) is 12.2. The molecule has 0 amide bonds. The smallest absolute Gasteiger partial charge is 0.150 e. The van der Waals surface area contributed by atoms with Crippen LogP contribution in [0.4, 0.5) is 0 Å². The molecule has 20 heavy (non-hydrogen) atoms. The van der Waals surface area contributed by atoms with Gasteiger partial charge in [-0.05, 0) is 37.4 Å². The Morgan fingerprint density at radius 1 is 1.25 bits per heavy atom. The molecule has 0 radical (unpaired) electrons. The average Bonchev–Trinajstić information content (AvgIpc) is 2.43. The van der Waals surface area contributed by atoms with Gasteiger partial charge in [-0.1, -0.05) is 48.0 Å². The summed E-state index contributed by atoms with van der Waals surface area (Å²) in [5.74, 6) is 0.507. The maximum absolute atomic E-state index is 11.6. The highest BCUT2D eigenvalue weighted by Gasteiger charge is 2.15. The van der Waals surface area contributed by atoms with Crippen LogP contribution in [-0.2, 0) is 9.84 Å². The highest BCUT2D eigenvalue weighted by molar-refractivity contribution is 9.10. The maximum Gasteiger partial charge on any atom is 0.150 e. The van der Waals surface area contributed by atoms with E-state index in [9.17, 15) is 8.42 Å². The number of rotatable bonds is 9. The molecule has 0 aliphatic rings. The van der Waals surface area contributed by atoms with Crippen molar-refractivity contribution in [3.63, 3.8) is 0 Å². The van der Waals surface area contributed by atoms with E-state index in [-0.39, 0.29) is 17.5 Å². The van der Waals surface area contributed by atoms with E-state index in [1.54, 1.807) is 6.92 Å². The van der Waals surface area contributed by atoms with Gasteiger partial charge in [-0.3, -0.25) is 0 Å². The molecule has 5 heteroatoms. The van der Waals surface area contributed by atoms with Crippen LogP contribution in [0.5, 0.6) is 0 Å². The largest absolute Gasteiger partial charge is 0.310 e. The summed E-state index contributed by atoms with van der Waals surface area (Å²) in [7, 11) is -2.87. The van der Waals surface area contributed by atoms with Crippen LogP contribution in [0.2, 0.25) is 0 Å². The first-order valence-corrected chi connectivity index (χ1v) is 9.79. The minimum atomic E-state index is -2.87. The van der Waals surface area contributed by atoms with Crippen LogP contribution in [0.1, 0.15) is 44.7 Å². The van der Waals surface area contributed by atoms with Crippen molar-refractivity contribution in [2.45, 2.75) is 39.2 Å². The summed E-state index contributed by atoms with van der Waals surface area (Å²) in [6.07, 6.45) is 2.59. The van der Waals surface area contributed by atoms with Crippen LogP contribution in [0, 0.1) is 0 Å². The minimum Gasteiger partial charge on any atom is -0.310 e. The molecule has 1 N–H and O–H groups in total. The highest BCUT2D eigenvalue weighted by Crippen LogP contribution is 2.26. The van der Waals surface area contributed by atoms with Gasteiger partial charge in [-0.15, -0.1) is 0 Å².